The van der Waals surface area contributed by atoms with E-state index in [1.165, 1.54) is 5.56 Å². The molecule has 0 aliphatic rings. The van der Waals surface area contributed by atoms with Crippen LogP contribution in [0.3, 0.4) is 0 Å². The fourth-order valence-corrected chi connectivity index (χ4v) is 4.28. The van der Waals surface area contributed by atoms with Crippen LogP contribution >= 0.6 is 35.0 Å². The number of ether oxygens (including phenoxy) is 2. The summed E-state index contributed by atoms with van der Waals surface area (Å²) in [6, 6.07) is 22.9. The number of carboxylic acid groups (broad SMARTS) is 1. The molecule has 3 aromatic carbocycles. The van der Waals surface area contributed by atoms with Gasteiger partial charge in [-0.1, -0.05) is 59.6 Å². The Balaban J connectivity index is 1.40. The highest BCUT2D eigenvalue weighted by Gasteiger charge is 2.15. The molecular formula is C26H25Cl2O4S-. The summed E-state index contributed by atoms with van der Waals surface area (Å²) < 4.78 is 11.3. The first kappa shape index (κ1) is 25.4. The third kappa shape index (κ3) is 8.94. The van der Waals surface area contributed by atoms with Crippen LogP contribution in [-0.4, -0.2) is 30.7 Å². The van der Waals surface area contributed by atoms with Crippen molar-refractivity contribution in [2.24, 2.45) is 0 Å². The van der Waals surface area contributed by atoms with Gasteiger partial charge in [-0.2, -0.15) is 11.8 Å². The van der Waals surface area contributed by atoms with E-state index >= 15 is 0 Å². The van der Waals surface area contributed by atoms with Gasteiger partial charge in [0.25, 0.3) is 0 Å². The maximum absolute atomic E-state index is 10.4. The lowest BCUT2D eigenvalue weighted by Crippen LogP contribution is -2.28. The second kappa shape index (κ2) is 13.5. The molecule has 174 valence electrons. The summed E-state index contributed by atoms with van der Waals surface area (Å²) in [6.45, 7) is 0.194. The van der Waals surface area contributed by atoms with E-state index < -0.39 is 12.6 Å². The number of benzene rings is 3. The largest absolute Gasteiger partial charge is 0.546 e. The average Bonchev–Trinajstić information content (AvgIpc) is 2.82. The summed E-state index contributed by atoms with van der Waals surface area (Å²) >= 11 is 13.9. The zero-order chi connectivity index (χ0) is 23.5. The van der Waals surface area contributed by atoms with Gasteiger partial charge in [-0.3, -0.25) is 0 Å². The van der Waals surface area contributed by atoms with Gasteiger partial charge in [-0.15, -0.1) is 0 Å². The molecule has 3 rings (SSSR count). The first-order valence-electron chi connectivity index (χ1n) is 10.6. The van der Waals surface area contributed by atoms with Crippen molar-refractivity contribution in [2.45, 2.75) is 18.9 Å². The Morgan fingerprint density at radius 2 is 1.42 bits per heavy atom. The number of carbonyl (C=O) groups is 1. The molecule has 0 heterocycles. The van der Waals surface area contributed by atoms with Crippen LogP contribution < -0.4 is 9.84 Å². The Kier molecular flexibility index (Phi) is 10.4. The lowest BCUT2D eigenvalue weighted by Gasteiger charge is -2.19. The van der Waals surface area contributed by atoms with Gasteiger partial charge in [0.2, 0.25) is 0 Å². The molecule has 0 atom stereocenters. The molecule has 0 amide bonds. The SMILES string of the molecule is O=C([O-])COc1ccc(CCCSCCOC(c2ccc(Cl)cc2)c2ccc(Cl)cc2)cc1. The number of carbonyl (C=O) groups excluding carboxylic acids is 1. The van der Waals surface area contributed by atoms with E-state index in [9.17, 15) is 9.90 Å². The Bertz CT molecular complexity index is 947. The fourth-order valence-electron chi connectivity index (χ4n) is 3.26. The van der Waals surface area contributed by atoms with E-state index in [0.29, 0.717) is 22.4 Å². The molecule has 0 N–H and O–H groups in total. The minimum absolute atomic E-state index is 0.169. The van der Waals surface area contributed by atoms with Crippen LogP contribution in [0.4, 0.5) is 0 Å². The van der Waals surface area contributed by atoms with Crippen molar-refractivity contribution in [1.29, 1.82) is 0 Å². The Morgan fingerprint density at radius 3 is 1.97 bits per heavy atom. The molecule has 4 nitrogen and oxygen atoms in total. The van der Waals surface area contributed by atoms with Gasteiger partial charge in [0, 0.05) is 15.8 Å². The molecular weight excluding hydrogens is 479 g/mol. The molecule has 0 saturated carbocycles. The number of carboxylic acids is 1. The number of thioether (sulfide) groups is 1. The Labute approximate surface area is 208 Å². The van der Waals surface area contributed by atoms with Gasteiger partial charge >= 0.3 is 0 Å². The van der Waals surface area contributed by atoms with Crippen LogP contribution in [0.15, 0.2) is 72.8 Å². The van der Waals surface area contributed by atoms with Crippen molar-refractivity contribution in [2.75, 3.05) is 24.7 Å². The van der Waals surface area contributed by atoms with Crippen molar-refractivity contribution in [3.05, 3.63) is 99.5 Å². The highest BCUT2D eigenvalue weighted by Crippen LogP contribution is 2.28. The van der Waals surface area contributed by atoms with Gasteiger partial charge in [0.05, 0.1) is 12.6 Å². The molecule has 0 spiro atoms. The monoisotopic (exact) mass is 503 g/mol. The minimum atomic E-state index is -1.23. The van der Waals surface area contributed by atoms with Crippen molar-refractivity contribution < 1.29 is 19.4 Å². The highest BCUT2D eigenvalue weighted by molar-refractivity contribution is 7.99. The van der Waals surface area contributed by atoms with Crippen molar-refractivity contribution in [3.8, 4) is 5.75 Å². The zero-order valence-electron chi connectivity index (χ0n) is 18.0. The summed E-state index contributed by atoms with van der Waals surface area (Å²) in [5.41, 5.74) is 3.30. The van der Waals surface area contributed by atoms with Gasteiger partial charge < -0.3 is 19.4 Å². The summed E-state index contributed by atoms with van der Waals surface area (Å²) in [5, 5.41) is 11.8. The van der Waals surface area contributed by atoms with E-state index in [4.69, 9.17) is 32.7 Å². The van der Waals surface area contributed by atoms with Crippen LogP contribution in [0.5, 0.6) is 5.75 Å². The molecule has 0 unspecified atom stereocenters. The first-order valence-corrected chi connectivity index (χ1v) is 12.5. The van der Waals surface area contributed by atoms with Crippen LogP contribution in [0.1, 0.15) is 29.2 Å². The molecule has 0 fully saturated rings. The lowest BCUT2D eigenvalue weighted by atomic mass is 10.0. The summed E-state index contributed by atoms with van der Waals surface area (Å²) in [6.07, 6.45) is 1.83. The summed E-state index contributed by atoms with van der Waals surface area (Å²) in [4.78, 5) is 10.4. The standard InChI is InChI=1S/C26H26Cl2O4S/c27-22-9-5-20(6-10-22)26(21-7-11-23(28)12-8-21)31-15-17-33-16-1-2-19-3-13-24(14-4-19)32-18-25(29)30/h3-14,26H,1-2,15-18H2,(H,29,30)/p-1. The molecule has 0 saturated heterocycles. The first-order chi connectivity index (χ1) is 16.0. The molecule has 0 radical (unpaired) electrons. The van der Waals surface area contributed by atoms with Gasteiger partial charge in [-0.25, -0.2) is 0 Å². The summed E-state index contributed by atoms with van der Waals surface area (Å²) in [5.74, 6) is 1.23. The van der Waals surface area contributed by atoms with Crippen molar-refractivity contribution >= 4 is 40.9 Å². The molecule has 0 bridgehead atoms. The predicted molar refractivity (Wildman–Crippen MR) is 133 cm³/mol. The smallest absolute Gasteiger partial charge is 0.128 e. The van der Waals surface area contributed by atoms with Crippen molar-refractivity contribution in [1.82, 2.24) is 0 Å². The predicted octanol–water partition coefficient (Wildman–Crippen LogP) is 5.59. The van der Waals surface area contributed by atoms with E-state index in [1.54, 1.807) is 12.1 Å². The van der Waals surface area contributed by atoms with E-state index in [1.807, 2.05) is 72.4 Å². The summed E-state index contributed by atoms with van der Waals surface area (Å²) in [7, 11) is 0. The quantitative estimate of drug-likeness (QED) is 0.284. The molecule has 33 heavy (non-hydrogen) atoms. The van der Waals surface area contributed by atoms with E-state index in [0.717, 1.165) is 35.5 Å². The second-order valence-corrected chi connectivity index (χ2v) is 9.47. The van der Waals surface area contributed by atoms with Crippen LogP contribution in [0.2, 0.25) is 10.0 Å². The highest BCUT2D eigenvalue weighted by atomic mass is 35.5. The zero-order valence-corrected chi connectivity index (χ0v) is 20.4. The Morgan fingerprint density at radius 1 is 0.848 bits per heavy atom. The van der Waals surface area contributed by atoms with Crippen molar-refractivity contribution in [3.63, 3.8) is 0 Å². The number of hydrogen-bond donors (Lipinski definition) is 0. The maximum Gasteiger partial charge on any atom is 0.128 e. The average molecular weight is 504 g/mol. The van der Waals surface area contributed by atoms with Gasteiger partial charge in [0.15, 0.2) is 0 Å². The van der Waals surface area contributed by atoms with E-state index in [-0.39, 0.29) is 6.10 Å². The van der Waals surface area contributed by atoms with Crippen LogP contribution in [0, 0.1) is 0 Å². The minimum Gasteiger partial charge on any atom is -0.546 e. The number of rotatable bonds is 13. The Hall–Kier alpha value is -2.18. The molecule has 7 heteroatoms. The number of aliphatic carboxylic acids is 1. The van der Waals surface area contributed by atoms with Gasteiger partial charge in [-0.05, 0) is 71.7 Å². The molecule has 0 aliphatic carbocycles. The third-order valence-corrected chi connectivity index (χ3v) is 6.43. The maximum atomic E-state index is 10.4. The second-order valence-electron chi connectivity index (χ2n) is 7.37. The number of hydrogen-bond acceptors (Lipinski definition) is 5. The topological polar surface area (TPSA) is 58.6 Å². The molecule has 0 aromatic heterocycles. The number of halogens is 2. The normalized spacial score (nSPS) is 11.0. The molecule has 3 aromatic rings. The lowest BCUT2D eigenvalue weighted by molar-refractivity contribution is -0.307. The fraction of sp³-hybridized carbons (Fsp3) is 0.269. The van der Waals surface area contributed by atoms with Crippen LogP contribution in [-0.2, 0) is 16.0 Å². The van der Waals surface area contributed by atoms with Crippen LogP contribution in [0.25, 0.3) is 0 Å². The van der Waals surface area contributed by atoms with E-state index in [2.05, 4.69) is 0 Å². The van der Waals surface area contributed by atoms with Gasteiger partial charge in [0.1, 0.15) is 18.5 Å². The molecule has 0 aliphatic heterocycles. The third-order valence-electron chi connectivity index (χ3n) is 4.89. The number of aryl methyl sites for hydroxylation is 1.